The second kappa shape index (κ2) is 6.30. The summed E-state index contributed by atoms with van der Waals surface area (Å²) in [7, 11) is 0. The second-order valence-corrected chi connectivity index (χ2v) is 7.03. The number of hydrogen-bond acceptors (Lipinski definition) is 3. The summed E-state index contributed by atoms with van der Waals surface area (Å²) in [4.78, 5) is 34.8. The van der Waals surface area contributed by atoms with Crippen LogP contribution >= 0.6 is 0 Å². The Hall–Kier alpha value is -3.48. The minimum absolute atomic E-state index is 0.0667. The summed E-state index contributed by atoms with van der Waals surface area (Å²) in [6, 6.07) is 11.7. The Morgan fingerprint density at radius 3 is 2.93 bits per heavy atom. The first-order valence-corrected chi connectivity index (χ1v) is 9.11. The van der Waals surface area contributed by atoms with Gasteiger partial charge in [0.15, 0.2) is 0 Å². The number of H-pyrrole nitrogens is 1. The number of amides is 1. The highest BCUT2D eigenvalue weighted by molar-refractivity contribution is 5.86. The summed E-state index contributed by atoms with van der Waals surface area (Å²) in [5.74, 6) is -0.456. The molecule has 1 amide bonds. The molecule has 6 nitrogen and oxygen atoms in total. The van der Waals surface area contributed by atoms with Crippen LogP contribution < -0.4 is 5.56 Å². The van der Waals surface area contributed by atoms with Crippen molar-refractivity contribution in [3.63, 3.8) is 0 Å². The van der Waals surface area contributed by atoms with Crippen molar-refractivity contribution in [1.29, 1.82) is 0 Å². The predicted octanol–water partition coefficient (Wildman–Crippen LogP) is 2.60. The molecular formula is C21H17FN4O2. The molecule has 28 heavy (non-hydrogen) atoms. The van der Waals surface area contributed by atoms with Crippen LogP contribution in [0, 0.1) is 5.82 Å². The van der Waals surface area contributed by atoms with Crippen molar-refractivity contribution < 1.29 is 9.18 Å². The van der Waals surface area contributed by atoms with Crippen molar-refractivity contribution in [2.75, 3.05) is 6.54 Å². The van der Waals surface area contributed by atoms with Gasteiger partial charge < -0.3 is 9.88 Å². The molecule has 1 N–H and O–H groups in total. The Morgan fingerprint density at radius 2 is 2.04 bits per heavy atom. The van der Waals surface area contributed by atoms with E-state index in [0.717, 1.165) is 22.2 Å². The van der Waals surface area contributed by atoms with Crippen molar-refractivity contribution in [3.8, 4) is 0 Å². The van der Waals surface area contributed by atoms with Gasteiger partial charge in [-0.25, -0.2) is 9.37 Å². The molecule has 0 saturated heterocycles. The fraction of sp³-hybridized carbons (Fsp3) is 0.190. The van der Waals surface area contributed by atoms with E-state index in [1.807, 2.05) is 6.07 Å². The van der Waals surface area contributed by atoms with E-state index in [1.54, 1.807) is 29.2 Å². The van der Waals surface area contributed by atoms with Gasteiger partial charge in [0.2, 0.25) is 5.91 Å². The number of fused-ring (bicyclic) bond motifs is 4. The molecule has 5 rings (SSSR count). The molecule has 0 aliphatic carbocycles. The van der Waals surface area contributed by atoms with Gasteiger partial charge in [-0.2, -0.15) is 0 Å². The molecule has 1 aliphatic rings. The van der Waals surface area contributed by atoms with Gasteiger partial charge in [-0.3, -0.25) is 14.2 Å². The number of benzene rings is 2. The first kappa shape index (κ1) is 16.7. The average Bonchev–Trinajstić information content (AvgIpc) is 3.07. The summed E-state index contributed by atoms with van der Waals surface area (Å²) in [6.45, 7) is 0.882. The van der Waals surface area contributed by atoms with Crippen LogP contribution in [-0.2, 0) is 24.3 Å². The fourth-order valence-electron chi connectivity index (χ4n) is 3.86. The van der Waals surface area contributed by atoms with E-state index in [9.17, 15) is 14.0 Å². The van der Waals surface area contributed by atoms with E-state index in [-0.39, 0.29) is 23.8 Å². The monoisotopic (exact) mass is 376 g/mol. The van der Waals surface area contributed by atoms with Crippen molar-refractivity contribution in [2.24, 2.45) is 0 Å². The zero-order valence-corrected chi connectivity index (χ0v) is 15.0. The molecule has 7 heteroatoms. The zero-order chi connectivity index (χ0) is 19.3. The Labute approximate surface area is 159 Å². The molecule has 1 aliphatic heterocycles. The maximum absolute atomic E-state index is 13.7. The first-order chi connectivity index (χ1) is 13.6. The van der Waals surface area contributed by atoms with Gasteiger partial charge in [0.05, 0.1) is 17.2 Å². The molecule has 2 aromatic carbocycles. The van der Waals surface area contributed by atoms with Crippen molar-refractivity contribution >= 4 is 27.7 Å². The summed E-state index contributed by atoms with van der Waals surface area (Å²) >= 11 is 0. The summed E-state index contributed by atoms with van der Waals surface area (Å²) in [6.07, 6.45) is 2.08. The Morgan fingerprint density at radius 1 is 1.18 bits per heavy atom. The van der Waals surface area contributed by atoms with Crippen LogP contribution in [0.4, 0.5) is 4.39 Å². The van der Waals surface area contributed by atoms with Gasteiger partial charge in [-0.15, -0.1) is 0 Å². The van der Waals surface area contributed by atoms with Gasteiger partial charge in [0, 0.05) is 41.7 Å². The van der Waals surface area contributed by atoms with Gasteiger partial charge >= 0.3 is 0 Å². The minimum Gasteiger partial charge on any atom is -0.358 e. The van der Waals surface area contributed by atoms with Gasteiger partial charge in [0.1, 0.15) is 12.4 Å². The molecule has 0 bridgehead atoms. The third-order valence-corrected chi connectivity index (χ3v) is 5.33. The zero-order valence-electron chi connectivity index (χ0n) is 15.0. The van der Waals surface area contributed by atoms with E-state index in [1.165, 1.54) is 23.0 Å². The lowest BCUT2D eigenvalue weighted by Gasteiger charge is -2.27. The molecule has 0 unspecified atom stereocenters. The normalized spacial score (nSPS) is 13.8. The molecule has 0 radical (unpaired) electrons. The van der Waals surface area contributed by atoms with Crippen LogP contribution in [0.25, 0.3) is 21.8 Å². The number of carbonyl (C=O) groups is 1. The number of aromatic amines is 1. The predicted molar refractivity (Wildman–Crippen MR) is 103 cm³/mol. The Kier molecular flexibility index (Phi) is 3.75. The molecule has 140 valence electrons. The van der Waals surface area contributed by atoms with E-state index < -0.39 is 0 Å². The molecule has 0 fully saturated rings. The van der Waals surface area contributed by atoms with E-state index in [0.29, 0.717) is 30.4 Å². The van der Waals surface area contributed by atoms with Crippen LogP contribution in [-0.4, -0.2) is 31.9 Å². The molecular weight excluding hydrogens is 359 g/mol. The lowest BCUT2D eigenvalue weighted by molar-refractivity contribution is -0.132. The van der Waals surface area contributed by atoms with E-state index in [4.69, 9.17) is 0 Å². The summed E-state index contributed by atoms with van der Waals surface area (Å²) in [5.41, 5.74) is 3.23. The maximum Gasteiger partial charge on any atom is 0.261 e. The first-order valence-electron chi connectivity index (χ1n) is 9.11. The van der Waals surface area contributed by atoms with Crippen LogP contribution in [0.15, 0.2) is 53.6 Å². The highest BCUT2D eigenvalue weighted by atomic mass is 19.1. The smallest absolute Gasteiger partial charge is 0.261 e. The largest absolute Gasteiger partial charge is 0.358 e. The number of aromatic nitrogens is 3. The minimum atomic E-state index is -0.299. The highest BCUT2D eigenvalue weighted by Crippen LogP contribution is 2.28. The van der Waals surface area contributed by atoms with Gasteiger partial charge in [-0.1, -0.05) is 12.1 Å². The third-order valence-electron chi connectivity index (χ3n) is 5.33. The summed E-state index contributed by atoms with van der Waals surface area (Å²) < 4.78 is 15.0. The van der Waals surface area contributed by atoms with Gasteiger partial charge in [0.25, 0.3) is 5.56 Å². The summed E-state index contributed by atoms with van der Waals surface area (Å²) in [5, 5.41) is 1.29. The SMILES string of the molecule is O=C(Cn1cnc2ccccc2c1=O)N1CCc2[nH]c3ccc(F)cc3c2C1. The number of halogens is 1. The number of hydrogen-bond donors (Lipinski definition) is 1. The fourth-order valence-corrected chi connectivity index (χ4v) is 3.86. The molecule has 2 aromatic heterocycles. The Bertz CT molecular complexity index is 1290. The molecule has 0 spiro atoms. The van der Waals surface area contributed by atoms with Crippen molar-refractivity contribution in [2.45, 2.75) is 19.5 Å². The molecule has 3 heterocycles. The standard InChI is InChI=1S/C21H17FN4O2/c22-13-5-6-18-15(9-13)16-10-25(8-7-19(16)24-18)20(27)11-26-12-23-17-4-2-1-3-14(17)21(26)28/h1-6,9,12,24H,7-8,10-11H2. The van der Waals surface area contributed by atoms with E-state index in [2.05, 4.69) is 9.97 Å². The van der Waals surface area contributed by atoms with Crippen molar-refractivity contribution in [1.82, 2.24) is 19.4 Å². The third kappa shape index (κ3) is 2.67. The van der Waals surface area contributed by atoms with E-state index >= 15 is 0 Å². The number of nitrogens with one attached hydrogen (secondary N) is 1. The second-order valence-electron chi connectivity index (χ2n) is 7.03. The highest BCUT2D eigenvalue weighted by Gasteiger charge is 2.24. The number of nitrogens with zero attached hydrogens (tertiary/aromatic N) is 3. The van der Waals surface area contributed by atoms with Gasteiger partial charge in [-0.05, 0) is 30.3 Å². The topological polar surface area (TPSA) is 71.0 Å². The maximum atomic E-state index is 13.7. The molecule has 0 atom stereocenters. The molecule has 4 aromatic rings. The van der Waals surface area contributed by atoms with Crippen LogP contribution in [0.2, 0.25) is 0 Å². The number of rotatable bonds is 2. The number of carbonyl (C=O) groups excluding carboxylic acids is 1. The lowest BCUT2D eigenvalue weighted by Crippen LogP contribution is -2.39. The Balaban J connectivity index is 1.43. The number of para-hydroxylation sites is 1. The van der Waals surface area contributed by atoms with Crippen LogP contribution in [0.5, 0.6) is 0 Å². The quantitative estimate of drug-likeness (QED) is 0.585. The average molecular weight is 376 g/mol. The van der Waals surface area contributed by atoms with Crippen molar-refractivity contribution in [3.05, 3.63) is 76.2 Å². The molecule has 0 saturated carbocycles. The van der Waals surface area contributed by atoms with Crippen LogP contribution in [0.3, 0.4) is 0 Å². The van der Waals surface area contributed by atoms with Crippen LogP contribution in [0.1, 0.15) is 11.3 Å². The lowest BCUT2D eigenvalue weighted by atomic mass is 10.0.